The highest BCUT2D eigenvalue weighted by Crippen LogP contribution is 2.15. The van der Waals surface area contributed by atoms with E-state index in [0.29, 0.717) is 6.54 Å². The van der Waals surface area contributed by atoms with Crippen LogP contribution in [-0.2, 0) is 6.54 Å². The number of hydrogen-bond donors (Lipinski definition) is 1. The molecule has 0 aliphatic heterocycles. The molecule has 0 fully saturated rings. The highest BCUT2D eigenvalue weighted by Gasteiger charge is 2.00. The van der Waals surface area contributed by atoms with Gasteiger partial charge >= 0.3 is 0 Å². The van der Waals surface area contributed by atoms with Crippen LogP contribution in [0.15, 0.2) is 42.6 Å². The van der Waals surface area contributed by atoms with Crippen LogP contribution >= 0.6 is 11.6 Å². The number of nitrogens with two attached hydrogens (primary N) is 1. The lowest BCUT2D eigenvalue weighted by molar-refractivity contribution is 0.912. The molecule has 0 saturated heterocycles. The van der Waals surface area contributed by atoms with Crippen molar-refractivity contribution in [3.05, 3.63) is 53.3 Å². The highest BCUT2D eigenvalue weighted by molar-refractivity contribution is 6.30. The monoisotopic (exact) mass is 206 g/mol. The van der Waals surface area contributed by atoms with E-state index in [1.807, 2.05) is 42.6 Å². The smallest absolute Gasteiger partial charge is 0.0453 e. The van der Waals surface area contributed by atoms with Crippen molar-refractivity contribution in [3.63, 3.8) is 0 Å². The van der Waals surface area contributed by atoms with Crippen LogP contribution in [-0.4, -0.2) is 4.57 Å². The van der Waals surface area contributed by atoms with Gasteiger partial charge in [0.15, 0.2) is 0 Å². The van der Waals surface area contributed by atoms with Gasteiger partial charge < -0.3 is 10.3 Å². The third-order valence-corrected chi connectivity index (χ3v) is 2.40. The van der Waals surface area contributed by atoms with Crippen molar-refractivity contribution in [1.82, 2.24) is 4.57 Å². The zero-order valence-corrected chi connectivity index (χ0v) is 8.41. The van der Waals surface area contributed by atoms with Crippen LogP contribution in [0.1, 0.15) is 5.69 Å². The molecule has 2 nitrogen and oxygen atoms in total. The van der Waals surface area contributed by atoms with E-state index in [-0.39, 0.29) is 0 Å². The minimum atomic E-state index is 0.537. The van der Waals surface area contributed by atoms with Gasteiger partial charge in [-0.2, -0.15) is 0 Å². The molecular formula is C11H11ClN2. The predicted molar refractivity (Wildman–Crippen MR) is 58.7 cm³/mol. The van der Waals surface area contributed by atoms with Crippen LogP contribution in [0.4, 0.5) is 0 Å². The Morgan fingerprint density at radius 2 is 1.86 bits per heavy atom. The molecule has 14 heavy (non-hydrogen) atoms. The number of benzene rings is 1. The summed E-state index contributed by atoms with van der Waals surface area (Å²) in [5.41, 5.74) is 7.79. The second-order valence-electron chi connectivity index (χ2n) is 3.05. The van der Waals surface area contributed by atoms with Crippen LogP contribution in [0, 0.1) is 0 Å². The molecule has 1 heterocycles. The molecule has 0 aliphatic rings. The lowest BCUT2D eigenvalue weighted by Crippen LogP contribution is -2.04. The Morgan fingerprint density at radius 3 is 2.50 bits per heavy atom. The first-order valence-electron chi connectivity index (χ1n) is 4.43. The molecule has 0 unspecified atom stereocenters. The quantitative estimate of drug-likeness (QED) is 0.805. The Kier molecular flexibility index (Phi) is 2.57. The molecule has 0 saturated carbocycles. The van der Waals surface area contributed by atoms with Crippen molar-refractivity contribution in [1.29, 1.82) is 0 Å². The second-order valence-corrected chi connectivity index (χ2v) is 3.49. The summed E-state index contributed by atoms with van der Waals surface area (Å²) < 4.78 is 2.05. The van der Waals surface area contributed by atoms with Gasteiger partial charge in [-0.3, -0.25) is 0 Å². The van der Waals surface area contributed by atoms with Gasteiger partial charge in [0, 0.05) is 29.1 Å². The van der Waals surface area contributed by atoms with E-state index in [0.717, 1.165) is 16.4 Å². The minimum absolute atomic E-state index is 0.537. The molecule has 0 spiro atoms. The Bertz CT molecular complexity index is 417. The fourth-order valence-corrected chi connectivity index (χ4v) is 1.56. The minimum Gasteiger partial charge on any atom is -0.325 e. The largest absolute Gasteiger partial charge is 0.325 e. The average Bonchev–Trinajstić information content (AvgIpc) is 2.67. The second kappa shape index (κ2) is 3.86. The van der Waals surface area contributed by atoms with E-state index in [2.05, 4.69) is 4.57 Å². The Labute approximate surface area is 87.9 Å². The normalized spacial score (nSPS) is 10.4. The summed E-state index contributed by atoms with van der Waals surface area (Å²) in [7, 11) is 0. The first kappa shape index (κ1) is 9.31. The van der Waals surface area contributed by atoms with E-state index in [1.165, 1.54) is 0 Å². The maximum atomic E-state index is 5.81. The van der Waals surface area contributed by atoms with Crippen molar-refractivity contribution in [2.75, 3.05) is 0 Å². The number of aromatic nitrogens is 1. The molecule has 1 aromatic heterocycles. The van der Waals surface area contributed by atoms with Crippen molar-refractivity contribution < 1.29 is 0 Å². The Balaban J connectivity index is 2.44. The summed E-state index contributed by atoms with van der Waals surface area (Å²) in [5.74, 6) is 0. The Hall–Kier alpha value is -1.25. The molecule has 0 radical (unpaired) electrons. The zero-order chi connectivity index (χ0) is 9.97. The van der Waals surface area contributed by atoms with Gasteiger partial charge in [0.1, 0.15) is 0 Å². The molecule has 0 atom stereocenters. The lowest BCUT2D eigenvalue weighted by atomic mass is 10.3. The van der Waals surface area contributed by atoms with Gasteiger partial charge in [0.05, 0.1) is 0 Å². The first-order chi connectivity index (χ1) is 6.81. The molecule has 1 aromatic carbocycles. The van der Waals surface area contributed by atoms with Crippen LogP contribution in [0.2, 0.25) is 5.02 Å². The summed E-state index contributed by atoms with van der Waals surface area (Å²) in [6.07, 6.45) is 1.99. The molecule has 0 aliphatic carbocycles. The number of rotatable bonds is 2. The standard InChI is InChI=1S/C11H11ClN2/c12-9-3-5-10(6-4-9)14-7-1-2-11(14)8-13/h1-7H,8,13H2. The molecule has 72 valence electrons. The lowest BCUT2D eigenvalue weighted by Gasteiger charge is -2.07. The van der Waals surface area contributed by atoms with Crippen molar-refractivity contribution in [2.45, 2.75) is 6.54 Å². The summed E-state index contributed by atoms with van der Waals surface area (Å²) in [6, 6.07) is 11.7. The molecule has 0 bridgehead atoms. The van der Waals surface area contributed by atoms with Gasteiger partial charge in [0.2, 0.25) is 0 Å². The zero-order valence-electron chi connectivity index (χ0n) is 7.65. The average molecular weight is 207 g/mol. The number of halogens is 1. The van der Waals surface area contributed by atoms with E-state index in [1.54, 1.807) is 0 Å². The van der Waals surface area contributed by atoms with Gasteiger partial charge in [-0.1, -0.05) is 11.6 Å². The van der Waals surface area contributed by atoms with Crippen LogP contribution in [0.5, 0.6) is 0 Å². The van der Waals surface area contributed by atoms with Gasteiger partial charge in [0.25, 0.3) is 0 Å². The van der Waals surface area contributed by atoms with Crippen LogP contribution < -0.4 is 5.73 Å². The molecule has 3 heteroatoms. The maximum absolute atomic E-state index is 5.81. The van der Waals surface area contributed by atoms with E-state index < -0.39 is 0 Å². The van der Waals surface area contributed by atoms with Gasteiger partial charge in [-0.05, 0) is 36.4 Å². The molecule has 0 amide bonds. The van der Waals surface area contributed by atoms with Crippen molar-refractivity contribution in [2.24, 2.45) is 5.73 Å². The van der Waals surface area contributed by atoms with Crippen LogP contribution in [0.3, 0.4) is 0 Å². The topological polar surface area (TPSA) is 30.9 Å². The molecule has 2 aromatic rings. The summed E-state index contributed by atoms with van der Waals surface area (Å²) in [4.78, 5) is 0. The highest BCUT2D eigenvalue weighted by atomic mass is 35.5. The molecule has 2 N–H and O–H groups in total. The van der Waals surface area contributed by atoms with Crippen molar-refractivity contribution in [3.8, 4) is 5.69 Å². The third-order valence-electron chi connectivity index (χ3n) is 2.15. The third kappa shape index (κ3) is 1.67. The van der Waals surface area contributed by atoms with Gasteiger partial charge in [-0.25, -0.2) is 0 Å². The van der Waals surface area contributed by atoms with Crippen LogP contribution in [0.25, 0.3) is 5.69 Å². The van der Waals surface area contributed by atoms with E-state index >= 15 is 0 Å². The molecule has 2 rings (SSSR count). The van der Waals surface area contributed by atoms with Crippen molar-refractivity contribution >= 4 is 11.6 Å². The summed E-state index contributed by atoms with van der Waals surface area (Å²) in [6.45, 7) is 0.537. The summed E-state index contributed by atoms with van der Waals surface area (Å²) >= 11 is 5.81. The Morgan fingerprint density at radius 1 is 1.14 bits per heavy atom. The maximum Gasteiger partial charge on any atom is 0.0453 e. The fraction of sp³-hybridized carbons (Fsp3) is 0.0909. The van der Waals surface area contributed by atoms with E-state index in [4.69, 9.17) is 17.3 Å². The fourth-order valence-electron chi connectivity index (χ4n) is 1.44. The predicted octanol–water partition coefficient (Wildman–Crippen LogP) is 2.59. The number of nitrogens with zero attached hydrogens (tertiary/aromatic N) is 1. The molecular weight excluding hydrogens is 196 g/mol. The van der Waals surface area contributed by atoms with E-state index in [9.17, 15) is 0 Å². The van der Waals surface area contributed by atoms with Gasteiger partial charge in [-0.15, -0.1) is 0 Å². The number of hydrogen-bond acceptors (Lipinski definition) is 1. The summed E-state index contributed by atoms with van der Waals surface area (Å²) in [5, 5.41) is 0.746. The first-order valence-corrected chi connectivity index (χ1v) is 4.81. The SMILES string of the molecule is NCc1cccn1-c1ccc(Cl)cc1.